The number of hydrogen-bond acceptors (Lipinski definition) is 7. The van der Waals surface area contributed by atoms with Gasteiger partial charge in [0.1, 0.15) is 17.6 Å². The Kier molecular flexibility index (Phi) is 5.69. The minimum Gasteiger partial charge on any atom is -0.469 e. The monoisotopic (exact) mass is 455 g/mol. The molecule has 32 heavy (non-hydrogen) atoms. The maximum atomic E-state index is 14.1. The molecule has 172 valence electrons. The summed E-state index contributed by atoms with van der Waals surface area (Å²) in [4.78, 5) is 34.9. The van der Waals surface area contributed by atoms with E-state index in [0.717, 1.165) is 19.2 Å². The zero-order chi connectivity index (χ0) is 24.1. The largest absolute Gasteiger partial charge is 0.469 e. The molecule has 1 aliphatic carbocycles. The summed E-state index contributed by atoms with van der Waals surface area (Å²) >= 11 is 0. The van der Waals surface area contributed by atoms with Gasteiger partial charge in [-0.1, -0.05) is 26.0 Å². The molecule has 11 heteroatoms. The highest BCUT2D eigenvalue weighted by molar-refractivity contribution is 5.78. The Morgan fingerprint density at radius 3 is 2.53 bits per heavy atom. The van der Waals surface area contributed by atoms with E-state index < -0.39 is 45.8 Å². The van der Waals surface area contributed by atoms with E-state index in [1.807, 2.05) is 0 Å². The van der Waals surface area contributed by atoms with Crippen LogP contribution >= 0.6 is 0 Å². The zero-order valence-electron chi connectivity index (χ0n) is 17.4. The fraction of sp³-hybridized carbons (Fsp3) is 0.476. The molecule has 2 aliphatic rings. The van der Waals surface area contributed by atoms with Crippen molar-refractivity contribution in [3.63, 3.8) is 0 Å². The van der Waals surface area contributed by atoms with Gasteiger partial charge in [0.05, 0.1) is 12.0 Å². The smallest absolute Gasteiger partial charge is 0.456 e. The van der Waals surface area contributed by atoms with Crippen LogP contribution in [-0.2, 0) is 19.1 Å². The van der Waals surface area contributed by atoms with Gasteiger partial charge in [0.15, 0.2) is 0 Å². The van der Waals surface area contributed by atoms with Gasteiger partial charge >= 0.3 is 17.9 Å². The standard InChI is InChI=1S/C21H20F3NO7/c1-19(2)8-12(10-26)15-14(9-19)32-20(28,21(22,23)24)17(18(27)31-3)16(15)11-5-4-6-13(7-11)25(29)30/h4-7,16-17,28H,8-9H2,1-3H3/t16-,17-,20+/m1/s1. The van der Waals surface area contributed by atoms with Crippen molar-refractivity contribution in [2.75, 3.05) is 7.11 Å². The Hall–Kier alpha value is -3.17. The van der Waals surface area contributed by atoms with Crippen LogP contribution in [0.15, 0.2) is 41.2 Å². The normalized spacial score (nSPS) is 27.2. The fourth-order valence-electron chi connectivity index (χ4n) is 4.37. The minimum absolute atomic E-state index is 0.0362. The first-order valence-corrected chi connectivity index (χ1v) is 9.53. The fourth-order valence-corrected chi connectivity index (χ4v) is 4.37. The summed E-state index contributed by atoms with van der Waals surface area (Å²) in [5, 5.41) is 22.0. The summed E-state index contributed by atoms with van der Waals surface area (Å²) in [6.07, 6.45) is -5.40. The summed E-state index contributed by atoms with van der Waals surface area (Å²) in [5.74, 6) is -8.05. The van der Waals surface area contributed by atoms with E-state index in [0.29, 0.717) is 0 Å². The lowest BCUT2D eigenvalue weighted by molar-refractivity contribution is -0.385. The van der Waals surface area contributed by atoms with Crippen LogP contribution in [0, 0.1) is 21.4 Å². The molecule has 0 unspecified atom stereocenters. The number of methoxy groups -OCH3 is 1. The summed E-state index contributed by atoms with van der Waals surface area (Å²) < 4.78 is 51.9. The number of nitrogens with zero attached hydrogens (tertiary/aromatic N) is 1. The Bertz CT molecular complexity index is 1060. The van der Waals surface area contributed by atoms with Crippen LogP contribution in [0.4, 0.5) is 18.9 Å². The van der Waals surface area contributed by atoms with Gasteiger partial charge in [-0.05, 0) is 17.4 Å². The van der Waals surface area contributed by atoms with Crippen molar-refractivity contribution in [1.82, 2.24) is 0 Å². The second-order valence-electron chi connectivity index (χ2n) is 8.56. The SMILES string of the molecule is COC(=O)[C@H]1[C@H](c2cccc([N+](=O)[O-])c2)C2=C(CC(C)(C)CC2=C=O)O[C@]1(O)C(F)(F)F. The van der Waals surface area contributed by atoms with Crippen molar-refractivity contribution < 1.29 is 42.3 Å². The molecule has 3 atom stereocenters. The molecule has 0 spiro atoms. The Morgan fingerprint density at radius 1 is 1.34 bits per heavy atom. The molecule has 1 aromatic rings. The lowest BCUT2D eigenvalue weighted by Crippen LogP contribution is -2.60. The molecule has 0 amide bonds. The highest BCUT2D eigenvalue weighted by Crippen LogP contribution is 2.58. The van der Waals surface area contributed by atoms with Gasteiger partial charge in [0.2, 0.25) is 0 Å². The number of halogens is 3. The highest BCUT2D eigenvalue weighted by atomic mass is 19.4. The molecule has 8 nitrogen and oxygen atoms in total. The van der Waals surface area contributed by atoms with Crippen molar-refractivity contribution in [2.24, 2.45) is 11.3 Å². The van der Waals surface area contributed by atoms with Crippen LogP contribution in [0.5, 0.6) is 0 Å². The van der Waals surface area contributed by atoms with E-state index in [1.54, 1.807) is 19.8 Å². The number of nitro benzene ring substituents is 1. The number of ether oxygens (including phenoxy) is 2. The predicted octanol–water partition coefficient (Wildman–Crippen LogP) is 3.58. The van der Waals surface area contributed by atoms with E-state index in [2.05, 4.69) is 4.74 Å². The zero-order valence-corrected chi connectivity index (χ0v) is 17.4. The van der Waals surface area contributed by atoms with Crippen molar-refractivity contribution in [3.05, 3.63) is 56.8 Å². The third-order valence-electron chi connectivity index (χ3n) is 5.69. The number of non-ortho nitro benzene ring substituents is 1. The quantitative estimate of drug-likeness (QED) is 0.321. The molecule has 1 N–H and O–H groups in total. The average Bonchev–Trinajstić information content (AvgIpc) is 2.70. The number of carbonyl (C=O) groups is 1. The van der Waals surface area contributed by atoms with Crippen molar-refractivity contribution in [1.29, 1.82) is 0 Å². The number of alkyl halides is 3. The number of carbonyl (C=O) groups excluding carboxylic acids is 2. The minimum atomic E-state index is -5.43. The van der Waals surface area contributed by atoms with E-state index >= 15 is 0 Å². The molecule has 1 heterocycles. The summed E-state index contributed by atoms with van der Waals surface area (Å²) in [7, 11) is 0.841. The summed E-state index contributed by atoms with van der Waals surface area (Å²) in [6.45, 7) is 3.39. The number of allylic oxidation sites excluding steroid dienone is 3. The summed E-state index contributed by atoms with van der Waals surface area (Å²) in [6, 6.07) is 4.64. The van der Waals surface area contributed by atoms with Gasteiger partial charge in [-0.3, -0.25) is 14.9 Å². The number of aliphatic hydroxyl groups is 1. The molecule has 0 saturated heterocycles. The number of esters is 1. The van der Waals surface area contributed by atoms with Gasteiger partial charge in [0, 0.05) is 35.6 Å². The van der Waals surface area contributed by atoms with Crippen molar-refractivity contribution >= 4 is 17.6 Å². The third kappa shape index (κ3) is 3.78. The molecule has 3 rings (SSSR count). The van der Waals surface area contributed by atoms with Crippen LogP contribution in [0.1, 0.15) is 38.2 Å². The number of benzene rings is 1. The van der Waals surface area contributed by atoms with Crippen LogP contribution in [0.3, 0.4) is 0 Å². The van der Waals surface area contributed by atoms with Crippen LogP contribution in [0.2, 0.25) is 0 Å². The van der Waals surface area contributed by atoms with Crippen molar-refractivity contribution in [2.45, 2.75) is 44.6 Å². The van der Waals surface area contributed by atoms with E-state index in [1.165, 1.54) is 12.1 Å². The highest BCUT2D eigenvalue weighted by Gasteiger charge is 2.69. The van der Waals surface area contributed by atoms with Crippen LogP contribution in [-0.4, -0.2) is 41.0 Å². The number of nitro groups is 1. The molecule has 0 aromatic heterocycles. The molecule has 0 bridgehead atoms. The van der Waals surface area contributed by atoms with Gasteiger partial charge in [-0.25, -0.2) is 4.79 Å². The van der Waals surface area contributed by atoms with Gasteiger partial charge in [-0.2, -0.15) is 13.2 Å². The molecule has 1 aromatic carbocycles. The lowest BCUT2D eigenvalue weighted by atomic mass is 9.65. The molecular weight excluding hydrogens is 435 g/mol. The topological polar surface area (TPSA) is 116 Å². The first kappa shape index (κ1) is 23.5. The first-order chi connectivity index (χ1) is 14.8. The molecule has 0 radical (unpaired) electrons. The lowest BCUT2D eigenvalue weighted by Gasteiger charge is -2.48. The molecular formula is C21H20F3NO7. The van der Waals surface area contributed by atoms with Crippen LogP contribution in [0.25, 0.3) is 0 Å². The second kappa shape index (κ2) is 7.75. The first-order valence-electron chi connectivity index (χ1n) is 9.53. The molecule has 1 aliphatic heterocycles. The van der Waals surface area contributed by atoms with Crippen LogP contribution < -0.4 is 0 Å². The maximum absolute atomic E-state index is 14.1. The Balaban J connectivity index is 2.40. The number of hydrogen-bond donors (Lipinski definition) is 1. The average molecular weight is 455 g/mol. The predicted molar refractivity (Wildman–Crippen MR) is 103 cm³/mol. The van der Waals surface area contributed by atoms with Gasteiger partial charge in [0.25, 0.3) is 5.69 Å². The Labute approximate surface area is 180 Å². The maximum Gasteiger partial charge on any atom is 0.456 e. The van der Waals surface area contributed by atoms with Gasteiger partial charge < -0.3 is 14.6 Å². The number of rotatable bonds is 3. The Morgan fingerprint density at radius 2 is 2.00 bits per heavy atom. The second-order valence-corrected chi connectivity index (χ2v) is 8.56. The van der Waals surface area contributed by atoms with E-state index in [-0.39, 0.29) is 35.3 Å². The summed E-state index contributed by atoms with van der Waals surface area (Å²) in [5.41, 5.74) is -1.32. The van der Waals surface area contributed by atoms with E-state index in [4.69, 9.17) is 4.74 Å². The van der Waals surface area contributed by atoms with E-state index in [9.17, 15) is 38.0 Å². The molecule has 0 saturated carbocycles. The van der Waals surface area contributed by atoms with Gasteiger partial charge in [-0.15, -0.1) is 0 Å². The third-order valence-corrected chi connectivity index (χ3v) is 5.69. The molecule has 0 fully saturated rings. The van der Waals surface area contributed by atoms with Crippen molar-refractivity contribution in [3.8, 4) is 0 Å².